The predicted molar refractivity (Wildman–Crippen MR) is 121 cm³/mol. The molecule has 33 heavy (non-hydrogen) atoms. The Bertz CT molecular complexity index is 945. The number of rotatable bonds is 8. The summed E-state index contributed by atoms with van der Waals surface area (Å²) in [6.45, 7) is 8.56. The number of methoxy groups -OCH3 is 2. The van der Waals surface area contributed by atoms with E-state index in [1.54, 1.807) is 37.0 Å². The first-order valence-corrected chi connectivity index (χ1v) is 11.0. The topological polar surface area (TPSA) is 94.3 Å². The Labute approximate surface area is 194 Å². The summed E-state index contributed by atoms with van der Waals surface area (Å²) in [6.07, 6.45) is -0.208. The highest BCUT2D eigenvalue weighted by Gasteiger charge is 2.32. The number of aryl methyl sites for hydroxylation is 2. The molecule has 1 atom stereocenters. The van der Waals surface area contributed by atoms with E-state index in [0.29, 0.717) is 42.6 Å². The number of aromatic nitrogens is 1. The molecule has 1 saturated heterocycles. The van der Waals surface area contributed by atoms with E-state index >= 15 is 0 Å². The van der Waals surface area contributed by atoms with Gasteiger partial charge in [-0.1, -0.05) is 5.16 Å². The van der Waals surface area contributed by atoms with Crippen molar-refractivity contribution < 1.29 is 28.3 Å². The molecule has 1 aromatic heterocycles. The van der Waals surface area contributed by atoms with Crippen LogP contribution in [-0.4, -0.2) is 72.8 Å². The summed E-state index contributed by atoms with van der Waals surface area (Å²) in [5, 5.41) is 3.92. The number of nitrogens with zero attached hydrogens (tertiary/aromatic N) is 3. The number of amides is 2. The molecule has 1 aliphatic rings. The van der Waals surface area contributed by atoms with Gasteiger partial charge in [0.1, 0.15) is 17.3 Å². The number of hydrogen-bond donors (Lipinski definition) is 0. The van der Waals surface area contributed by atoms with E-state index in [-0.39, 0.29) is 36.9 Å². The number of ether oxygens (including phenoxy) is 3. The minimum Gasteiger partial charge on any atom is -0.497 e. The third-order valence-electron chi connectivity index (χ3n) is 5.85. The Morgan fingerprint density at radius 3 is 2.36 bits per heavy atom. The predicted octanol–water partition coefficient (Wildman–Crippen LogP) is 2.52. The van der Waals surface area contributed by atoms with E-state index in [1.165, 1.54) is 0 Å². The zero-order valence-electron chi connectivity index (χ0n) is 20.2. The lowest BCUT2D eigenvalue weighted by molar-refractivity contribution is -0.139. The summed E-state index contributed by atoms with van der Waals surface area (Å²) in [7, 11) is 3.19. The molecule has 180 valence electrons. The first-order valence-electron chi connectivity index (χ1n) is 11.0. The Kier molecular flexibility index (Phi) is 7.97. The molecule has 9 nitrogen and oxygen atoms in total. The van der Waals surface area contributed by atoms with E-state index in [2.05, 4.69) is 5.16 Å². The summed E-state index contributed by atoms with van der Waals surface area (Å²) in [5.74, 6) is 1.71. The molecule has 2 aromatic rings. The molecule has 0 radical (unpaired) electrons. The fourth-order valence-electron chi connectivity index (χ4n) is 3.92. The summed E-state index contributed by atoms with van der Waals surface area (Å²) in [6, 6.07) is 5.55. The van der Waals surface area contributed by atoms with Crippen LogP contribution in [0.1, 0.15) is 36.4 Å². The largest absolute Gasteiger partial charge is 0.497 e. The molecule has 0 spiro atoms. The zero-order chi connectivity index (χ0) is 24.1. The van der Waals surface area contributed by atoms with Crippen molar-refractivity contribution in [1.82, 2.24) is 15.0 Å². The van der Waals surface area contributed by atoms with Gasteiger partial charge in [-0.15, -0.1) is 0 Å². The Hall–Kier alpha value is -3.07. The molecule has 0 N–H and O–H groups in total. The van der Waals surface area contributed by atoms with Crippen molar-refractivity contribution in [2.45, 2.75) is 52.9 Å². The van der Waals surface area contributed by atoms with Crippen LogP contribution < -0.4 is 9.47 Å². The van der Waals surface area contributed by atoms with Crippen molar-refractivity contribution in [3.8, 4) is 11.5 Å². The van der Waals surface area contributed by atoms with Crippen molar-refractivity contribution >= 4 is 11.8 Å². The third kappa shape index (κ3) is 6.04. The summed E-state index contributed by atoms with van der Waals surface area (Å²) < 4.78 is 22.1. The lowest BCUT2D eigenvalue weighted by atomic mass is 10.1. The molecular weight excluding hydrogens is 426 g/mol. The molecule has 9 heteroatoms. The summed E-state index contributed by atoms with van der Waals surface area (Å²) >= 11 is 0. The molecule has 0 aliphatic carbocycles. The fourth-order valence-corrected chi connectivity index (χ4v) is 3.92. The van der Waals surface area contributed by atoms with Crippen LogP contribution in [0, 0.1) is 13.8 Å². The number of hydrogen-bond acceptors (Lipinski definition) is 7. The van der Waals surface area contributed by atoms with Crippen LogP contribution in [0.15, 0.2) is 22.7 Å². The standard InChI is InChI=1S/C24H33N3O6/c1-15(2)27-12-21(32-14-18-7-19(30-5)9-20(8-18)31-6)11-26(13-24(27)29)23(28)10-22-16(3)25-33-17(22)4/h7-9,15,21H,10-14H2,1-6H3/t21-/m0/s1. The second-order valence-corrected chi connectivity index (χ2v) is 8.55. The van der Waals surface area contributed by atoms with Gasteiger partial charge in [-0.25, -0.2) is 0 Å². The van der Waals surface area contributed by atoms with Crippen LogP contribution in [0.3, 0.4) is 0 Å². The first kappa shape index (κ1) is 24.6. The van der Waals surface area contributed by atoms with Gasteiger partial charge in [0.25, 0.3) is 0 Å². The first-order chi connectivity index (χ1) is 15.7. The van der Waals surface area contributed by atoms with E-state index in [9.17, 15) is 9.59 Å². The smallest absolute Gasteiger partial charge is 0.242 e. The van der Waals surface area contributed by atoms with Gasteiger partial charge >= 0.3 is 0 Å². The van der Waals surface area contributed by atoms with Crippen LogP contribution in [-0.2, 0) is 27.4 Å². The molecule has 0 unspecified atom stereocenters. The van der Waals surface area contributed by atoms with E-state index < -0.39 is 0 Å². The van der Waals surface area contributed by atoms with Crippen molar-refractivity contribution in [3.05, 3.63) is 40.8 Å². The van der Waals surface area contributed by atoms with Crippen LogP contribution >= 0.6 is 0 Å². The van der Waals surface area contributed by atoms with Gasteiger partial charge in [0.05, 0.1) is 45.6 Å². The second kappa shape index (κ2) is 10.7. The molecule has 1 fully saturated rings. The van der Waals surface area contributed by atoms with Gasteiger partial charge in [-0.05, 0) is 45.4 Å². The molecule has 1 aromatic carbocycles. The fraction of sp³-hybridized carbons (Fsp3) is 0.542. The van der Waals surface area contributed by atoms with Crippen molar-refractivity contribution in [2.75, 3.05) is 33.9 Å². The highest BCUT2D eigenvalue weighted by Crippen LogP contribution is 2.24. The molecular formula is C24H33N3O6. The van der Waals surface area contributed by atoms with E-state index in [1.807, 2.05) is 32.9 Å². The van der Waals surface area contributed by atoms with Gasteiger partial charge < -0.3 is 28.5 Å². The van der Waals surface area contributed by atoms with Crippen molar-refractivity contribution in [3.63, 3.8) is 0 Å². The Balaban J connectivity index is 1.76. The Morgan fingerprint density at radius 2 is 1.82 bits per heavy atom. The maximum Gasteiger partial charge on any atom is 0.242 e. The van der Waals surface area contributed by atoms with Gasteiger partial charge in [-0.3, -0.25) is 9.59 Å². The minimum absolute atomic E-state index is 0.00173. The molecule has 0 saturated carbocycles. The highest BCUT2D eigenvalue weighted by molar-refractivity contribution is 5.86. The Morgan fingerprint density at radius 1 is 1.15 bits per heavy atom. The molecule has 2 heterocycles. The normalized spacial score (nSPS) is 16.8. The van der Waals surface area contributed by atoms with E-state index in [4.69, 9.17) is 18.7 Å². The number of carbonyl (C=O) groups is 2. The number of benzene rings is 1. The van der Waals surface area contributed by atoms with Crippen LogP contribution in [0.4, 0.5) is 0 Å². The molecule has 1 aliphatic heterocycles. The molecule has 3 rings (SSSR count). The maximum atomic E-state index is 13.1. The lowest BCUT2D eigenvalue weighted by Gasteiger charge is -2.27. The van der Waals surface area contributed by atoms with Crippen molar-refractivity contribution in [2.24, 2.45) is 0 Å². The van der Waals surface area contributed by atoms with E-state index in [0.717, 1.165) is 11.1 Å². The van der Waals surface area contributed by atoms with Gasteiger partial charge in [0.15, 0.2) is 0 Å². The SMILES string of the molecule is COc1cc(CO[C@H]2CN(C(=O)Cc3c(C)noc3C)CC(=O)N(C(C)C)C2)cc(OC)c1. The second-order valence-electron chi connectivity index (χ2n) is 8.55. The van der Waals surface area contributed by atoms with Gasteiger partial charge in [0.2, 0.25) is 11.8 Å². The zero-order valence-corrected chi connectivity index (χ0v) is 20.2. The minimum atomic E-state index is -0.343. The van der Waals surface area contributed by atoms with Crippen LogP contribution in [0.2, 0.25) is 0 Å². The van der Waals surface area contributed by atoms with Gasteiger partial charge in [-0.2, -0.15) is 0 Å². The lowest BCUT2D eigenvalue weighted by Crippen LogP contribution is -2.42. The van der Waals surface area contributed by atoms with Crippen LogP contribution in [0.5, 0.6) is 11.5 Å². The molecule has 0 bridgehead atoms. The molecule has 2 amide bonds. The number of carbonyl (C=O) groups excluding carboxylic acids is 2. The summed E-state index contributed by atoms with van der Waals surface area (Å²) in [4.78, 5) is 29.4. The average molecular weight is 460 g/mol. The summed E-state index contributed by atoms with van der Waals surface area (Å²) in [5.41, 5.74) is 2.33. The monoisotopic (exact) mass is 459 g/mol. The van der Waals surface area contributed by atoms with Crippen LogP contribution in [0.25, 0.3) is 0 Å². The van der Waals surface area contributed by atoms with Crippen molar-refractivity contribution in [1.29, 1.82) is 0 Å². The third-order valence-corrected chi connectivity index (χ3v) is 5.85. The average Bonchev–Trinajstić information content (AvgIpc) is 3.00. The maximum absolute atomic E-state index is 13.1. The highest BCUT2D eigenvalue weighted by atomic mass is 16.5. The quantitative estimate of drug-likeness (QED) is 0.599. The van der Waals surface area contributed by atoms with Gasteiger partial charge in [0, 0.05) is 30.8 Å².